The standard InChI is InChI=1S/C42H47N3O7/c1-5-26(2)32(25-46)45-38-40(49)44(31-21-20-28-14-9-10-17-30(28)24-31)23-13-22-42(38)36(39(45)48)35-33(52-42)18-11-12-19-34(47)43(4)27(3)37(51-41(35)50)29-15-7-6-8-16-29/h6-11,13-18,20-22,24,26-27,32-33,35-38,46H,5,12,19,23,25H2,1-4H3/b18-11-/t26-,27-,32-,33-,35+,36+,37+,38-,42+/m0/s1. The fourth-order valence-corrected chi connectivity index (χ4v) is 8.58. The number of fused-ring (bicyclic) bond motifs is 3. The van der Waals surface area contributed by atoms with Crippen LogP contribution in [-0.2, 0) is 28.7 Å². The minimum atomic E-state index is -1.53. The number of aliphatic hydroxyl groups excluding tert-OH is 1. The van der Waals surface area contributed by atoms with Gasteiger partial charge in [0, 0.05) is 25.7 Å². The van der Waals surface area contributed by atoms with Crippen LogP contribution in [0, 0.1) is 17.8 Å². The van der Waals surface area contributed by atoms with Gasteiger partial charge < -0.3 is 29.3 Å². The van der Waals surface area contributed by atoms with Crippen molar-refractivity contribution in [1.82, 2.24) is 9.80 Å². The van der Waals surface area contributed by atoms with E-state index in [1.54, 1.807) is 29.0 Å². The number of aliphatic hydroxyl groups is 1. The molecule has 9 atom stereocenters. The number of rotatable bonds is 6. The molecule has 0 radical (unpaired) electrons. The van der Waals surface area contributed by atoms with E-state index < -0.39 is 59.6 Å². The van der Waals surface area contributed by atoms with Gasteiger partial charge in [-0.1, -0.05) is 105 Å². The van der Waals surface area contributed by atoms with E-state index >= 15 is 9.59 Å². The normalized spacial score (nSPS) is 31.2. The first-order valence-electron chi connectivity index (χ1n) is 18.4. The number of hydrogen-bond acceptors (Lipinski definition) is 7. The summed E-state index contributed by atoms with van der Waals surface area (Å²) < 4.78 is 13.3. The zero-order valence-corrected chi connectivity index (χ0v) is 30.1. The maximum atomic E-state index is 15.1. The predicted octanol–water partition coefficient (Wildman–Crippen LogP) is 5.21. The molecule has 0 aromatic heterocycles. The van der Waals surface area contributed by atoms with E-state index in [1.165, 1.54) is 4.90 Å². The summed E-state index contributed by atoms with van der Waals surface area (Å²) in [4.78, 5) is 62.9. The molecule has 4 heterocycles. The molecule has 52 heavy (non-hydrogen) atoms. The molecule has 3 aromatic carbocycles. The van der Waals surface area contributed by atoms with Crippen LogP contribution in [0.3, 0.4) is 0 Å². The smallest absolute Gasteiger partial charge is 0.313 e. The average molecular weight is 706 g/mol. The van der Waals surface area contributed by atoms with Crippen LogP contribution in [0.25, 0.3) is 10.8 Å². The molecule has 0 bridgehead atoms. The molecule has 2 saturated heterocycles. The van der Waals surface area contributed by atoms with Crippen LogP contribution < -0.4 is 4.90 Å². The van der Waals surface area contributed by atoms with Crippen molar-refractivity contribution in [2.45, 2.75) is 76.0 Å². The molecule has 10 heteroatoms. The first kappa shape index (κ1) is 35.6. The van der Waals surface area contributed by atoms with Gasteiger partial charge in [-0.3, -0.25) is 19.2 Å². The van der Waals surface area contributed by atoms with Crippen LogP contribution in [0.1, 0.15) is 51.7 Å². The van der Waals surface area contributed by atoms with Crippen molar-refractivity contribution < 1.29 is 33.8 Å². The van der Waals surface area contributed by atoms with E-state index in [0.717, 1.165) is 10.8 Å². The highest BCUT2D eigenvalue weighted by Gasteiger charge is 2.73. The Morgan fingerprint density at radius 2 is 1.67 bits per heavy atom. The van der Waals surface area contributed by atoms with E-state index in [-0.39, 0.29) is 37.3 Å². The van der Waals surface area contributed by atoms with Gasteiger partial charge in [0.15, 0.2) is 0 Å². The summed E-state index contributed by atoms with van der Waals surface area (Å²) in [5, 5.41) is 12.8. The Kier molecular flexibility index (Phi) is 9.80. The second-order valence-corrected chi connectivity index (χ2v) is 14.6. The van der Waals surface area contributed by atoms with Gasteiger partial charge >= 0.3 is 5.97 Å². The number of ether oxygens (including phenoxy) is 2. The molecule has 1 N–H and O–H groups in total. The van der Waals surface area contributed by atoms with Crippen LogP contribution in [-0.4, -0.2) is 88.6 Å². The molecule has 3 aromatic rings. The lowest BCUT2D eigenvalue weighted by Gasteiger charge is -2.40. The Hall–Kier alpha value is -4.80. The van der Waals surface area contributed by atoms with Crippen molar-refractivity contribution in [1.29, 1.82) is 0 Å². The van der Waals surface area contributed by atoms with E-state index in [4.69, 9.17) is 9.47 Å². The highest BCUT2D eigenvalue weighted by molar-refractivity contribution is 6.06. The maximum Gasteiger partial charge on any atom is 0.313 e. The molecule has 4 aliphatic heterocycles. The Bertz CT molecular complexity index is 1910. The summed E-state index contributed by atoms with van der Waals surface area (Å²) in [7, 11) is 1.71. The quantitative estimate of drug-likeness (QED) is 0.277. The Morgan fingerprint density at radius 1 is 0.942 bits per heavy atom. The molecule has 2 fully saturated rings. The lowest BCUT2D eigenvalue weighted by molar-refractivity contribution is -0.164. The molecule has 272 valence electrons. The largest absolute Gasteiger partial charge is 0.455 e. The summed E-state index contributed by atoms with van der Waals surface area (Å²) in [6, 6.07) is 20.6. The molecular formula is C42H47N3O7. The van der Waals surface area contributed by atoms with Crippen LogP contribution >= 0.6 is 0 Å². The molecule has 10 nitrogen and oxygen atoms in total. The molecule has 1 spiro atoms. The SMILES string of the molecule is CC[C@H](C)[C@H](CO)N1C(=O)[C@H]2[C@@H]3C(=O)O[C@@H](c4ccccc4)[C@H](C)N(C)C(=O)CC/C=C\[C@@H]3O[C@]23C=CCN(c2ccc4ccccc4c2)C(=O)[C@H]13. The lowest BCUT2D eigenvalue weighted by Crippen LogP contribution is -2.59. The Balaban J connectivity index is 1.35. The van der Waals surface area contributed by atoms with Gasteiger partial charge in [-0.05, 0) is 47.7 Å². The topological polar surface area (TPSA) is 117 Å². The summed E-state index contributed by atoms with van der Waals surface area (Å²) >= 11 is 0. The van der Waals surface area contributed by atoms with Gasteiger partial charge in [0.05, 0.1) is 30.7 Å². The molecule has 7 rings (SSSR count). The summed E-state index contributed by atoms with van der Waals surface area (Å²) in [6.07, 6.45) is 6.75. The number of allylic oxidation sites excluding steroid dienone is 1. The van der Waals surface area contributed by atoms with Gasteiger partial charge in [-0.25, -0.2) is 0 Å². The van der Waals surface area contributed by atoms with Crippen molar-refractivity contribution in [3.8, 4) is 0 Å². The first-order chi connectivity index (χ1) is 25.1. The fraction of sp³-hybridized carbons (Fsp3) is 0.429. The van der Waals surface area contributed by atoms with Crippen LogP contribution in [0.15, 0.2) is 97.1 Å². The summed E-state index contributed by atoms with van der Waals surface area (Å²) in [5.74, 6) is -3.88. The third-order valence-corrected chi connectivity index (χ3v) is 11.8. The highest BCUT2D eigenvalue weighted by atomic mass is 16.6. The third-order valence-electron chi connectivity index (χ3n) is 11.8. The number of hydrogen-bond donors (Lipinski definition) is 1. The van der Waals surface area contributed by atoms with Crippen molar-refractivity contribution in [2.24, 2.45) is 17.8 Å². The zero-order valence-electron chi connectivity index (χ0n) is 30.1. The second-order valence-electron chi connectivity index (χ2n) is 14.6. The zero-order chi connectivity index (χ0) is 36.7. The van der Waals surface area contributed by atoms with Crippen molar-refractivity contribution in [2.75, 3.05) is 25.1 Å². The summed E-state index contributed by atoms with van der Waals surface area (Å²) in [6.45, 7) is 5.64. The minimum Gasteiger partial charge on any atom is -0.455 e. The number of anilines is 1. The maximum absolute atomic E-state index is 15.1. The number of nitrogens with zero attached hydrogens (tertiary/aromatic N) is 3. The monoisotopic (exact) mass is 705 g/mol. The molecule has 4 aliphatic rings. The number of amides is 3. The minimum absolute atomic E-state index is 0.0916. The highest BCUT2D eigenvalue weighted by Crippen LogP contribution is 2.54. The molecule has 3 amide bonds. The summed E-state index contributed by atoms with van der Waals surface area (Å²) in [5.41, 5.74) is -0.145. The van der Waals surface area contributed by atoms with E-state index in [0.29, 0.717) is 24.1 Å². The van der Waals surface area contributed by atoms with Gasteiger partial charge in [0.2, 0.25) is 11.8 Å². The van der Waals surface area contributed by atoms with E-state index in [1.807, 2.05) is 106 Å². The molecule has 0 saturated carbocycles. The fourth-order valence-electron chi connectivity index (χ4n) is 8.58. The van der Waals surface area contributed by atoms with Crippen molar-refractivity contribution in [3.05, 3.63) is 103 Å². The number of benzene rings is 3. The Labute approximate surface area is 304 Å². The van der Waals surface area contributed by atoms with E-state index in [2.05, 4.69) is 0 Å². The number of cyclic esters (lactones) is 1. The number of esters is 1. The number of likely N-dealkylation sites (tertiary alicyclic amines) is 1. The number of likely N-dealkylation sites (N-methyl/N-ethyl adjacent to an activating group) is 1. The van der Waals surface area contributed by atoms with Crippen molar-refractivity contribution in [3.63, 3.8) is 0 Å². The molecular weight excluding hydrogens is 658 g/mol. The van der Waals surface area contributed by atoms with Crippen LogP contribution in [0.4, 0.5) is 5.69 Å². The van der Waals surface area contributed by atoms with Gasteiger partial charge in [-0.15, -0.1) is 0 Å². The Morgan fingerprint density at radius 3 is 2.40 bits per heavy atom. The van der Waals surface area contributed by atoms with Crippen LogP contribution in [0.2, 0.25) is 0 Å². The second kappa shape index (κ2) is 14.3. The van der Waals surface area contributed by atoms with Gasteiger partial charge in [0.25, 0.3) is 5.91 Å². The average Bonchev–Trinajstić information content (AvgIpc) is 3.55. The predicted molar refractivity (Wildman–Crippen MR) is 197 cm³/mol. The number of carbonyl (C=O) groups is 4. The van der Waals surface area contributed by atoms with Crippen LogP contribution in [0.5, 0.6) is 0 Å². The number of carbonyl (C=O) groups excluding carboxylic acids is 4. The van der Waals surface area contributed by atoms with Crippen molar-refractivity contribution >= 4 is 40.2 Å². The van der Waals surface area contributed by atoms with E-state index in [9.17, 15) is 14.7 Å². The molecule has 0 aliphatic carbocycles. The molecule has 0 unspecified atom stereocenters. The lowest BCUT2D eigenvalue weighted by atomic mass is 9.77. The first-order valence-corrected chi connectivity index (χ1v) is 18.4. The third kappa shape index (κ3) is 5.91. The van der Waals surface area contributed by atoms with Gasteiger partial charge in [0.1, 0.15) is 23.7 Å². The van der Waals surface area contributed by atoms with Gasteiger partial charge in [-0.2, -0.15) is 0 Å².